The fourth-order valence-electron chi connectivity index (χ4n) is 1.76. The Balaban J connectivity index is 2.10. The Kier molecular flexibility index (Phi) is 3.66. The molecule has 16 heavy (non-hydrogen) atoms. The van der Waals surface area contributed by atoms with E-state index in [2.05, 4.69) is 46.9 Å². The summed E-state index contributed by atoms with van der Waals surface area (Å²) in [5.41, 5.74) is 8.50. The molecule has 0 aliphatic heterocycles. The van der Waals surface area contributed by atoms with Gasteiger partial charge in [-0.05, 0) is 59.7 Å². The molecule has 0 radical (unpaired) electrons. The van der Waals surface area contributed by atoms with E-state index in [-0.39, 0.29) is 6.04 Å². The molecule has 84 valence electrons. The topological polar surface area (TPSA) is 39.2 Å². The average molecular weight is 327 g/mol. The van der Waals surface area contributed by atoms with Gasteiger partial charge in [0.2, 0.25) is 0 Å². The van der Waals surface area contributed by atoms with Gasteiger partial charge in [0.1, 0.15) is 5.76 Å². The van der Waals surface area contributed by atoms with Gasteiger partial charge >= 0.3 is 0 Å². The van der Waals surface area contributed by atoms with Crippen LogP contribution in [-0.2, 0) is 6.42 Å². The van der Waals surface area contributed by atoms with Crippen LogP contribution in [0.25, 0.3) is 0 Å². The van der Waals surface area contributed by atoms with Crippen LogP contribution in [0.5, 0.6) is 0 Å². The van der Waals surface area contributed by atoms with Crippen LogP contribution in [-0.4, -0.2) is 0 Å². The highest BCUT2D eigenvalue weighted by Crippen LogP contribution is 2.20. The van der Waals surface area contributed by atoms with Crippen molar-refractivity contribution in [3.05, 3.63) is 57.1 Å². The first kappa shape index (κ1) is 11.7. The second kappa shape index (κ2) is 5.01. The molecule has 0 saturated heterocycles. The number of hydrogen-bond acceptors (Lipinski definition) is 2. The molecule has 2 nitrogen and oxygen atoms in total. The Morgan fingerprint density at radius 1 is 1.25 bits per heavy atom. The molecule has 0 amide bonds. The van der Waals surface area contributed by atoms with Crippen LogP contribution in [0, 0.1) is 10.5 Å². The van der Waals surface area contributed by atoms with Gasteiger partial charge in [-0.25, -0.2) is 0 Å². The zero-order chi connectivity index (χ0) is 11.5. The molecule has 1 heterocycles. The lowest BCUT2D eigenvalue weighted by atomic mass is 10.0. The molecule has 1 unspecified atom stereocenters. The van der Waals surface area contributed by atoms with Crippen LogP contribution in [0.15, 0.2) is 41.0 Å². The van der Waals surface area contributed by atoms with Crippen LogP contribution in [0.2, 0.25) is 0 Å². The normalized spacial score (nSPS) is 12.7. The van der Waals surface area contributed by atoms with Crippen LogP contribution >= 0.6 is 22.6 Å². The predicted molar refractivity (Wildman–Crippen MR) is 73.2 cm³/mol. The van der Waals surface area contributed by atoms with Gasteiger partial charge in [-0.3, -0.25) is 0 Å². The highest BCUT2D eigenvalue weighted by atomic mass is 127. The lowest BCUT2D eigenvalue weighted by Crippen LogP contribution is -2.13. The molecule has 3 heteroatoms. The summed E-state index contributed by atoms with van der Waals surface area (Å²) in [6.07, 6.45) is 2.54. The van der Waals surface area contributed by atoms with E-state index in [4.69, 9.17) is 10.2 Å². The number of benzene rings is 1. The van der Waals surface area contributed by atoms with E-state index >= 15 is 0 Å². The third kappa shape index (κ3) is 2.65. The number of aryl methyl sites for hydroxylation is 1. The average Bonchev–Trinajstić information content (AvgIpc) is 2.68. The van der Waals surface area contributed by atoms with Crippen LogP contribution in [0.3, 0.4) is 0 Å². The SMILES string of the molecule is Cc1occc1C(N)Cc1ccc(I)cc1. The molecule has 0 bridgehead atoms. The van der Waals surface area contributed by atoms with Crippen molar-refractivity contribution in [1.29, 1.82) is 0 Å². The van der Waals surface area contributed by atoms with Gasteiger partial charge in [-0.1, -0.05) is 12.1 Å². The summed E-state index contributed by atoms with van der Waals surface area (Å²) in [5, 5.41) is 0. The largest absolute Gasteiger partial charge is 0.469 e. The van der Waals surface area contributed by atoms with Gasteiger partial charge in [0.15, 0.2) is 0 Å². The Bertz CT molecular complexity index is 461. The van der Waals surface area contributed by atoms with Gasteiger partial charge in [0.05, 0.1) is 6.26 Å². The molecular formula is C13H14INO. The fraction of sp³-hybridized carbons (Fsp3) is 0.231. The predicted octanol–water partition coefficient (Wildman–Crippen LogP) is 3.44. The molecule has 0 aliphatic carbocycles. The number of nitrogens with two attached hydrogens (primary N) is 1. The maximum Gasteiger partial charge on any atom is 0.105 e. The summed E-state index contributed by atoms with van der Waals surface area (Å²) < 4.78 is 6.51. The summed E-state index contributed by atoms with van der Waals surface area (Å²) in [6, 6.07) is 10.4. The van der Waals surface area contributed by atoms with Crippen molar-refractivity contribution in [2.45, 2.75) is 19.4 Å². The van der Waals surface area contributed by atoms with Crippen LogP contribution in [0.4, 0.5) is 0 Å². The molecule has 0 fully saturated rings. The lowest BCUT2D eigenvalue weighted by Gasteiger charge is -2.10. The number of rotatable bonds is 3. The van der Waals surface area contributed by atoms with E-state index in [1.54, 1.807) is 6.26 Å². The second-order valence-electron chi connectivity index (χ2n) is 3.87. The standard InChI is InChI=1S/C13H14INO/c1-9-12(6-7-16-9)13(15)8-10-2-4-11(14)5-3-10/h2-7,13H,8,15H2,1H3. The first-order valence-corrected chi connectivity index (χ1v) is 6.28. The molecular weight excluding hydrogens is 313 g/mol. The van der Waals surface area contributed by atoms with E-state index in [9.17, 15) is 0 Å². The summed E-state index contributed by atoms with van der Waals surface area (Å²) in [5.74, 6) is 0.915. The van der Waals surface area contributed by atoms with Crippen molar-refractivity contribution in [1.82, 2.24) is 0 Å². The molecule has 1 aromatic heterocycles. The third-order valence-electron chi connectivity index (χ3n) is 2.67. The van der Waals surface area contributed by atoms with E-state index in [0.717, 1.165) is 17.7 Å². The molecule has 0 saturated carbocycles. The van der Waals surface area contributed by atoms with Gasteiger partial charge in [0, 0.05) is 15.2 Å². The highest BCUT2D eigenvalue weighted by Gasteiger charge is 2.11. The van der Waals surface area contributed by atoms with Crippen molar-refractivity contribution in [2.24, 2.45) is 5.73 Å². The van der Waals surface area contributed by atoms with Crippen LogP contribution in [0.1, 0.15) is 22.9 Å². The van der Waals surface area contributed by atoms with Gasteiger partial charge in [-0.15, -0.1) is 0 Å². The second-order valence-corrected chi connectivity index (χ2v) is 5.11. The molecule has 0 aliphatic rings. The van der Waals surface area contributed by atoms with Gasteiger partial charge in [0.25, 0.3) is 0 Å². The summed E-state index contributed by atoms with van der Waals surface area (Å²) in [7, 11) is 0. The van der Waals surface area contributed by atoms with Gasteiger partial charge < -0.3 is 10.2 Å². The van der Waals surface area contributed by atoms with Crippen molar-refractivity contribution < 1.29 is 4.42 Å². The summed E-state index contributed by atoms with van der Waals surface area (Å²) in [4.78, 5) is 0. The van der Waals surface area contributed by atoms with Crippen molar-refractivity contribution in [2.75, 3.05) is 0 Å². The molecule has 1 atom stereocenters. The lowest BCUT2D eigenvalue weighted by molar-refractivity contribution is 0.524. The smallest absolute Gasteiger partial charge is 0.105 e. The molecule has 2 rings (SSSR count). The first-order chi connectivity index (χ1) is 7.66. The zero-order valence-corrected chi connectivity index (χ0v) is 11.3. The summed E-state index contributed by atoms with van der Waals surface area (Å²) in [6.45, 7) is 1.95. The molecule has 2 N–H and O–H groups in total. The molecule has 0 spiro atoms. The third-order valence-corrected chi connectivity index (χ3v) is 3.39. The minimum absolute atomic E-state index is 0.0128. The van der Waals surface area contributed by atoms with Crippen molar-refractivity contribution in [3.63, 3.8) is 0 Å². The number of furan rings is 1. The fourth-order valence-corrected chi connectivity index (χ4v) is 2.12. The van der Waals surface area contributed by atoms with E-state index in [1.807, 2.05) is 13.0 Å². The zero-order valence-electron chi connectivity index (χ0n) is 9.11. The first-order valence-electron chi connectivity index (χ1n) is 5.21. The quantitative estimate of drug-likeness (QED) is 0.877. The minimum Gasteiger partial charge on any atom is -0.469 e. The molecule has 1 aromatic carbocycles. The van der Waals surface area contributed by atoms with E-state index in [1.165, 1.54) is 9.13 Å². The number of hydrogen-bond donors (Lipinski definition) is 1. The Labute approximate surface area is 109 Å². The Morgan fingerprint density at radius 2 is 1.94 bits per heavy atom. The van der Waals surface area contributed by atoms with E-state index in [0.29, 0.717) is 0 Å². The monoisotopic (exact) mass is 327 g/mol. The maximum absolute atomic E-state index is 6.15. The van der Waals surface area contributed by atoms with Gasteiger partial charge in [-0.2, -0.15) is 0 Å². The van der Waals surface area contributed by atoms with Crippen molar-refractivity contribution >= 4 is 22.6 Å². The maximum atomic E-state index is 6.15. The highest BCUT2D eigenvalue weighted by molar-refractivity contribution is 14.1. The van der Waals surface area contributed by atoms with E-state index < -0.39 is 0 Å². The number of halogens is 1. The minimum atomic E-state index is 0.0128. The Morgan fingerprint density at radius 3 is 2.50 bits per heavy atom. The molecule has 2 aromatic rings. The summed E-state index contributed by atoms with van der Waals surface area (Å²) >= 11 is 2.30. The van der Waals surface area contributed by atoms with Crippen molar-refractivity contribution in [3.8, 4) is 0 Å². The van der Waals surface area contributed by atoms with Crippen LogP contribution < -0.4 is 5.73 Å². The Hall–Kier alpha value is -0.810.